The minimum absolute atomic E-state index is 0.258. The summed E-state index contributed by atoms with van der Waals surface area (Å²) >= 11 is 5.76. The molecule has 0 radical (unpaired) electrons. The van der Waals surface area contributed by atoms with Crippen molar-refractivity contribution in [1.29, 1.82) is 0 Å². The van der Waals surface area contributed by atoms with Gasteiger partial charge < -0.3 is 9.73 Å². The molecule has 0 atom stereocenters. The van der Waals surface area contributed by atoms with Crippen LogP contribution in [-0.4, -0.2) is 5.91 Å². The zero-order valence-corrected chi connectivity index (χ0v) is 12.0. The highest BCUT2D eigenvalue weighted by Crippen LogP contribution is 2.20. The Kier molecular flexibility index (Phi) is 3.96. The molecular weight excluding hydrogens is 262 g/mol. The van der Waals surface area contributed by atoms with Crippen molar-refractivity contribution in [3.63, 3.8) is 0 Å². The number of carbonyl (C=O) groups is 1. The molecule has 0 saturated carbocycles. The van der Waals surface area contributed by atoms with Gasteiger partial charge in [0.25, 0.3) is 5.91 Å². The summed E-state index contributed by atoms with van der Waals surface area (Å²) < 4.78 is 5.41. The van der Waals surface area contributed by atoms with Gasteiger partial charge in [-0.25, -0.2) is 0 Å². The third-order valence-electron chi connectivity index (χ3n) is 3.02. The fraction of sp³-hybridized carbons (Fsp3) is 0.267. The van der Waals surface area contributed by atoms with Gasteiger partial charge in [-0.1, -0.05) is 17.7 Å². The molecule has 0 aliphatic heterocycles. The molecule has 1 aromatic heterocycles. The molecule has 0 aliphatic rings. The number of nitrogens with one attached hydrogen (secondary N) is 1. The molecule has 2 aromatic rings. The van der Waals surface area contributed by atoms with E-state index in [0.717, 1.165) is 22.4 Å². The highest BCUT2D eigenvalue weighted by molar-refractivity contribution is 6.17. The first-order chi connectivity index (χ1) is 9.01. The zero-order chi connectivity index (χ0) is 14.0. The molecule has 1 aromatic carbocycles. The maximum atomic E-state index is 12.1. The van der Waals surface area contributed by atoms with Crippen molar-refractivity contribution in [1.82, 2.24) is 0 Å². The van der Waals surface area contributed by atoms with Gasteiger partial charge in [-0.2, -0.15) is 0 Å². The molecule has 1 heterocycles. The maximum absolute atomic E-state index is 12.1. The van der Waals surface area contributed by atoms with Crippen LogP contribution in [0.2, 0.25) is 0 Å². The Bertz CT molecular complexity index is 617. The molecule has 19 heavy (non-hydrogen) atoms. The maximum Gasteiger partial charge on any atom is 0.291 e. The molecule has 100 valence electrons. The predicted octanol–water partition coefficient (Wildman–Crippen LogP) is 4.20. The van der Waals surface area contributed by atoms with Crippen molar-refractivity contribution in [2.45, 2.75) is 26.7 Å². The second-order valence-corrected chi connectivity index (χ2v) is 4.87. The molecule has 0 saturated heterocycles. The average molecular weight is 278 g/mol. The van der Waals surface area contributed by atoms with Gasteiger partial charge in [0.2, 0.25) is 0 Å². The lowest BCUT2D eigenvalue weighted by atomic mass is 10.1. The van der Waals surface area contributed by atoms with E-state index in [9.17, 15) is 4.79 Å². The van der Waals surface area contributed by atoms with E-state index in [2.05, 4.69) is 5.32 Å². The third kappa shape index (κ3) is 2.99. The largest absolute Gasteiger partial charge is 0.456 e. The molecule has 4 heteroatoms. The molecule has 0 bridgehead atoms. The Morgan fingerprint density at radius 3 is 2.58 bits per heavy atom. The van der Waals surface area contributed by atoms with E-state index in [-0.39, 0.29) is 11.7 Å². The lowest BCUT2D eigenvalue weighted by Gasteiger charge is -2.07. The van der Waals surface area contributed by atoms with Crippen molar-refractivity contribution in [2.24, 2.45) is 0 Å². The molecule has 2 rings (SSSR count). The van der Waals surface area contributed by atoms with Gasteiger partial charge >= 0.3 is 0 Å². The second-order valence-electron chi connectivity index (χ2n) is 4.60. The first kappa shape index (κ1) is 13.7. The van der Waals surface area contributed by atoms with E-state index in [1.54, 1.807) is 13.0 Å². The Hall–Kier alpha value is -1.74. The predicted molar refractivity (Wildman–Crippen MR) is 76.9 cm³/mol. The van der Waals surface area contributed by atoms with Crippen molar-refractivity contribution in [3.05, 3.63) is 52.5 Å². The van der Waals surface area contributed by atoms with Crippen molar-refractivity contribution in [2.75, 3.05) is 5.32 Å². The second kappa shape index (κ2) is 5.49. The number of aryl methyl sites for hydroxylation is 3. The number of alkyl halides is 1. The summed E-state index contributed by atoms with van der Waals surface area (Å²) in [6, 6.07) is 7.55. The first-order valence-corrected chi connectivity index (χ1v) is 6.58. The summed E-state index contributed by atoms with van der Waals surface area (Å²) in [4.78, 5) is 12.1. The van der Waals surface area contributed by atoms with Crippen LogP contribution in [0.4, 0.5) is 5.69 Å². The zero-order valence-electron chi connectivity index (χ0n) is 11.2. The summed E-state index contributed by atoms with van der Waals surface area (Å²) in [5.41, 5.74) is 3.81. The summed E-state index contributed by atoms with van der Waals surface area (Å²) in [5.74, 6) is 1.05. The summed E-state index contributed by atoms with van der Waals surface area (Å²) in [5, 5.41) is 2.84. The average Bonchev–Trinajstić information content (AvgIpc) is 2.74. The lowest BCUT2D eigenvalue weighted by molar-refractivity contribution is 0.0995. The van der Waals surface area contributed by atoms with Crippen molar-refractivity contribution in [3.8, 4) is 0 Å². The van der Waals surface area contributed by atoms with Crippen LogP contribution in [0, 0.1) is 20.8 Å². The topological polar surface area (TPSA) is 42.2 Å². The minimum Gasteiger partial charge on any atom is -0.456 e. The van der Waals surface area contributed by atoms with Gasteiger partial charge in [-0.3, -0.25) is 4.79 Å². The Morgan fingerprint density at radius 2 is 2.00 bits per heavy atom. The molecule has 1 amide bonds. The van der Waals surface area contributed by atoms with E-state index in [4.69, 9.17) is 16.0 Å². The lowest BCUT2D eigenvalue weighted by Crippen LogP contribution is -2.11. The van der Waals surface area contributed by atoms with Crippen LogP contribution in [0.5, 0.6) is 0 Å². The van der Waals surface area contributed by atoms with Crippen LogP contribution in [0.1, 0.15) is 33.0 Å². The van der Waals surface area contributed by atoms with E-state index < -0.39 is 0 Å². The molecule has 0 unspecified atom stereocenters. The summed E-state index contributed by atoms with van der Waals surface area (Å²) in [6.45, 7) is 5.77. The van der Waals surface area contributed by atoms with Gasteiger partial charge in [-0.05, 0) is 38.5 Å². The number of benzene rings is 1. The standard InChI is InChI=1S/C15H16ClNO2/c1-9-4-5-13(10(2)6-9)17-15(18)14-7-12(8-16)11(3)19-14/h4-7H,8H2,1-3H3,(H,17,18). The number of anilines is 1. The molecule has 0 fully saturated rings. The van der Waals surface area contributed by atoms with Gasteiger partial charge in [0, 0.05) is 11.3 Å². The Balaban J connectivity index is 2.20. The molecule has 1 N–H and O–H groups in total. The normalized spacial score (nSPS) is 10.5. The highest BCUT2D eigenvalue weighted by atomic mass is 35.5. The highest BCUT2D eigenvalue weighted by Gasteiger charge is 2.14. The quantitative estimate of drug-likeness (QED) is 0.855. The SMILES string of the molecule is Cc1ccc(NC(=O)c2cc(CCl)c(C)o2)c(C)c1. The number of furan rings is 1. The first-order valence-electron chi connectivity index (χ1n) is 6.05. The molecular formula is C15H16ClNO2. The number of hydrogen-bond donors (Lipinski definition) is 1. The van der Waals surface area contributed by atoms with Crippen LogP contribution in [0.3, 0.4) is 0 Å². The fourth-order valence-corrected chi connectivity index (χ4v) is 2.17. The van der Waals surface area contributed by atoms with Crippen LogP contribution < -0.4 is 5.32 Å². The van der Waals surface area contributed by atoms with Gasteiger partial charge in [-0.15, -0.1) is 11.6 Å². The molecule has 3 nitrogen and oxygen atoms in total. The summed E-state index contributed by atoms with van der Waals surface area (Å²) in [6.07, 6.45) is 0. The van der Waals surface area contributed by atoms with Crippen molar-refractivity contribution >= 4 is 23.2 Å². The van der Waals surface area contributed by atoms with Crippen LogP contribution >= 0.6 is 11.6 Å². The van der Waals surface area contributed by atoms with Crippen LogP contribution in [-0.2, 0) is 5.88 Å². The van der Waals surface area contributed by atoms with E-state index in [1.165, 1.54) is 0 Å². The summed E-state index contributed by atoms with van der Waals surface area (Å²) in [7, 11) is 0. The van der Waals surface area contributed by atoms with E-state index in [1.807, 2.05) is 32.0 Å². The smallest absolute Gasteiger partial charge is 0.291 e. The third-order valence-corrected chi connectivity index (χ3v) is 3.31. The number of amides is 1. The number of halogens is 1. The van der Waals surface area contributed by atoms with Gasteiger partial charge in [0.1, 0.15) is 5.76 Å². The minimum atomic E-state index is -0.258. The Morgan fingerprint density at radius 1 is 1.26 bits per heavy atom. The van der Waals surface area contributed by atoms with E-state index in [0.29, 0.717) is 11.6 Å². The van der Waals surface area contributed by atoms with Crippen LogP contribution in [0.25, 0.3) is 0 Å². The molecule has 0 aliphatic carbocycles. The van der Waals surface area contributed by atoms with E-state index >= 15 is 0 Å². The van der Waals surface area contributed by atoms with Gasteiger partial charge in [0.05, 0.1) is 5.88 Å². The fourth-order valence-electron chi connectivity index (χ4n) is 1.90. The van der Waals surface area contributed by atoms with Gasteiger partial charge in [0.15, 0.2) is 5.76 Å². The van der Waals surface area contributed by atoms with Crippen molar-refractivity contribution < 1.29 is 9.21 Å². The monoisotopic (exact) mass is 277 g/mol. The van der Waals surface area contributed by atoms with Crippen LogP contribution in [0.15, 0.2) is 28.7 Å². The molecule has 0 spiro atoms. The number of carbonyl (C=O) groups excluding carboxylic acids is 1. The number of rotatable bonds is 3. The number of hydrogen-bond acceptors (Lipinski definition) is 2. The Labute approximate surface area is 117 Å².